The summed E-state index contributed by atoms with van der Waals surface area (Å²) in [5.41, 5.74) is 1.16. The van der Waals surface area contributed by atoms with Gasteiger partial charge >= 0.3 is 0 Å². The Bertz CT molecular complexity index is 515. The number of nitrogens with zero attached hydrogens (tertiary/aromatic N) is 3. The van der Waals surface area contributed by atoms with Gasteiger partial charge in [0.25, 0.3) is 5.78 Å². The Hall–Kier alpha value is -1.65. The first-order valence-corrected chi connectivity index (χ1v) is 4.84. The monoisotopic (exact) mass is 206 g/mol. The van der Waals surface area contributed by atoms with E-state index >= 15 is 0 Å². The SMILES string of the molecule is Cc1nc2nc(C(C)(C)C)[nH]n2c1C=O. The summed E-state index contributed by atoms with van der Waals surface area (Å²) in [7, 11) is 0. The Balaban J connectivity index is 2.68. The van der Waals surface area contributed by atoms with Gasteiger partial charge in [0.2, 0.25) is 0 Å². The van der Waals surface area contributed by atoms with E-state index in [1.54, 1.807) is 11.4 Å². The predicted molar refractivity (Wildman–Crippen MR) is 56.2 cm³/mol. The summed E-state index contributed by atoms with van der Waals surface area (Å²) in [6, 6.07) is 0. The average Bonchev–Trinajstić information content (AvgIpc) is 2.59. The molecule has 5 heteroatoms. The van der Waals surface area contributed by atoms with Crippen molar-refractivity contribution in [3.05, 3.63) is 17.2 Å². The first-order valence-electron chi connectivity index (χ1n) is 4.84. The minimum absolute atomic E-state index is 0.0746. The van der Waals surface area contributed by atoms with Crippen molar-refractivity contribution in [1.82, 2.24) is 19.6 Å². The van der Waals surface area contributed by atoms with E-state index in [4.69, 9.17) is 0 Å². The first kappa shape index (κ1) is 9.89. The van der Waals surface area contributed by atoms with E-state index in [0.717, 1.165) is 12.1 Å². The van der Waals surface area contributed by atoms with E-state index in [1.165, 1.54) is 0 Å². The molecule has 0 aromatic carbocycles. The number of H-pyrrole nitrogens is 1. The number of hydrogen-bond donors (Lipinski definition) is 1. The van der Waals surface area contributed by atoms with Crippen molar-refractivity contribution < 1.29 is 4.79 Å². The minimum Gasteiger partial charge on any atom is -0.296 e. The molecule has 0 fully saturated rings. The maximum atomic E-state index is 10.9. The fourth-order valence-corrected chi connectivity index (χ4v) is 1.42. The average molecular weight is 206 g/mol. The molecule has 0 aliphatic rings. The molecule has 0 amide bonds. The highest BCUT2D eigenvalue weighted by Gasteiger charge is 2.20. The molecule has 1 N–H and O–H groups in total. The zero-order valence-electron chi connectivity index (χ0n) is 9.33. The van der Waals surface area contributed by atoms with Crippen LogP contribution in [0.4, 0.5) is 0 Å². The molecular weight excluding hydrogens is 192 g/mol. The highest BCUT2D eigenvalue weighted by atomic mass is 16.1. The molecule has 0 saturated carbocycles. The lowest BCUT2D eigenvalue weighted by Crippen LogP contribution is -2.14. The van der Waals surface area contributed by atoms with Gasteiger partial charge in [-0.3, -0.25) is 9.89 Å². The van der Waals surface area contributed by atoms with E-state index in [0.29, 0.717) is 17.2 Å². The molecule has 0 atom stereocenters. The number of aromatic nitrogens is 4. The van der Waals surface area contributed by atoms with E-state index in [-0.39, 0.29) is 5.41 Å². The number of aldehydes is 1. The van der Waals surface area contributed by atoms with Gasteiger partial charge in [0.1, 0.15) is 11.5 Å². The number of aromatic amines is 1. The zero-order chi connectivity index (χ0) is 11.2. The zero-order valence-corrected chi connectivity index (χ0v) is 9.33. The van der Waals surface area contributed by atoms with E-state index in [2.05, 4.69) is 35.8 Å². The van der Waals surface area contributed by atoms with Gasteiger partial charge in [-0.05, 0) is 6.92 Å². The van der Waals surface area contributed by atoms with Crippen LogP contribution < -0.4 is 0 Å². The van der Waals surface area contributed by atoms with Crippen molar-refractivity contribution in [2.24, 2.45) is 0 Å². The lowest BCUT2D eigenvalue weighted by molar-refractivity contribution is 0.111. The smallest absolute Gasteiger partial charge is 0.251 e. The largest absolute Gasteiger partial charge is 0.296 e. The Labute approximate surface area is 87.5 Å². The third-order valence-corrected chi connectivity index (χ3v) is 2.33. The van der Waals surface area contributed by atoms with Crippen LogP contribution in [-0.2, 0) is 5.41 Å². The molecule has 2 rings (SSSR count). The second-order valence-corrected chi connectivity index (χ2v) is 4.66. The van der Waals surface area contributed by atoms with Crippen LogP contribution in [-0.4, -0.2) is 25.9 Å². The minimum atomic E-state index is -0.0746. The van der Waals surface area contributed by atoms with Crippen molar-refractivity contribution in [3.63, 3.8) is 0 Å². The van der Waals surface area contributed by atoms with Gasteiger partial charge in [-0.2, -0.15) is 4.98 Å². The first-order chi connectivity index (χ1) is 6.93. The third-order valence-electron chi connectivity index (χ3n) is 2.33. The maximum Gasteiger partial charge on any atom is 0.251 e. The maximum absolute atomic E-state index is 10.9. The lowest BCUT2D eigenvalue weighted by Gasteiger charge is -2.13. The van der Waals surface area contributed by atoms with Gasteiger partial charge in [0, 0.05) is 5.41 Å². The quantitative estimate of drug-likeness (QED) is 0.719. The third kappa shape index (κ3) is 1.44. The molecule has 2 aromatic rings. The molecule has 80 valence electrons. The van der Waals surface area contributed by atoms with Crippen LogP contribution in [0.1, 0.15) is 42.8 Å². The molecule has 2 aromatic heterocycles. The van der Waals surface area contributed by atoms with E-state index in [1.807, 2.05) is 0 Å². The van der Waals surface area contributed by atoms with Crippen molar-refractivity contribution in [3.8, 4) is 0 Å². The van der Waals surface area contributed by atoms with Crippen LogP contribution in [0.2, 0.25) is 0 Å². The number of rotatable bonds is 1. The molecule has 2 heterocycles. The van der Waals surface area contributed by atoms with Gasteiger partial charge in [-0.25, -0.2) is 9.50 Å². The standard InChI is InChI=1S/C10H14N4O/c1-6-7(5-15)14-9(11-6)12-8(13-14)10(2,3)4/h5H,1-4H3,(H,11,12,13). The topological polar surface area (TPSA) is 63.1 Å². The summed E-state index contributed by atoms with van der Waals surface area (Å²) in [6.07, 6.45) is 0.792. The van der Waals surface area contributed by atoms with Crippen molar-refractivity contribution in [2.45, 2.75) is 33.1 Å². The molecule has 0 radical (unpaired) electrons. The molecule has 5 nitrogen and oxygen atoms in total. The van der Waals surface area contributed by atoms with Crippen LogP contribution in [0.5, 0.6) is 0 Å². The van der Waals surface area contributed by atoms with Gasteiger partial charge < -0.3 is 0 Å². The van der Waals surface area contributed by atoms with Crippen LogP contribution >= 0.6 is 0 Å². The van der Waals surface area contributed by atoms with E-state index in [9.17, 15) is 4.79 Å². The van der Waals surface area contributed by atoms with Crippen molar-refractivity contribution in [2.75, 3.05) is 0 Å². The Morgan fingerprint density at radius 1 is 1.33 bits per heavy atom. The summed E-state index contributed by atoms with van der Waals surface area (Å²) < 4.78 is 1.63. The van der Waals surface area contributed by atoms with Crippen LogP contribution in [0.25, 0.3) is 5.78 Å². The number of imidazole rings is 1. The van der Waals surface area contributed by atoms with Crippen LogP contribution in [0.3, 0.4) is 0 Å². The fourth-order valence-electron chi connectivity index (χ4n) is 1.42. The number of fused-ring (bicyclic) bond motifs is 1. The van der Waals surface area contributed by atoms with Gasteiger partial charge in [0.05, 0.1) is 5.69 Å². The number of carbonyl (C=O) groups excluding carboxylic acids is 1. The normalized spacial score (nSPS) is 12.3. The number of hydrogen-bond acceptors (Lipinski definition) is 3. The van der Waals surface area contributed by atoms with Gasteiger partial charge in [-0.15, -0.1) is 0 Å². The summed E-state index contributed by atoms with van der Waals surface area (Å²) >= 11 is 0. The molecule has 15 heavy (non-hydrogen) atoms. The summed E-state index contributed by atoms with van der Waals surface area (Å²) in [5, 5.41) is 3.09. The highest BCUT2D eigenvalue weighted by molar-refractivity contribution is 5.75. The van der Waals surface area contributed by atoms with E-state index < -0.39 is 0 Å². The van der Waals surface area contributed by atoms with Crippen molar-refractivity contribution >= 4 is 12.1 Å². The van der Waals surface area contributed by atoms with Crippen molar-refractivity contribution in [1.29, 1.82) is 0 Å². The molecule has 0 saturated heterocycles. The Morgan fingerprint density at radius 3 is 2.53 bits per heavy atom. The lowest BCUT2D eigenvalue weighted by atomic mass is 9.96. The summed E-state index contributed by atoms with van der Waals surface area (Å²) in [5.74, 6) is 1.38. The van der Waals surface area contributed by atoms with Crippen LogP contribution in [0, 0.1) is 6.92 Å². The molecule has 0 bridgehead atoms. The number of carbonyl (C=O) groups is 1. The highest BCUT2D eigenvalue weighted by Crippen LogP contribution is 2.19. The fraction of sp³-hybridized carbons (Fsp3) is 0.500. The summed E-state index contributed by atoms with van der Waals surface area (Å²) in [4.78, 5) is 19.4. The number of nitrogens with one attached hydrogen (secondary N) is 1. The molecule has 0 aliphatic carbocycles. The molecule has 0 spiro atoms. The summed E-state index contributed by atoms with van der Waals surface area (Å²) in [6.45, 7) is 7.96. The Morgan fingerprint density at radius 2 is 2.00 bits per heavy atom. The molecule has 0 aliphatic heterocycles. The van der Waals surface area contributed by atoms with Gasteiger partial charge in [0.15, 0.2) is 6.29 Å². The molecular formula is C10H14N4O. The second kappa shape index (κ2) is 2.92. The predicted octanol–water partition coefficient (Wildman–Crippen LogP) is 1.48. The Kier molecular flexibility index (Phi) is 1.92. The second-order valence-electron chi connectivity index (χ2n) is 4.66. The number of aryl methyl sites for hydroxylation is 1. The molecule has 0 unspecified atom stereocenters. The van der Waals surface area contributed by atoms with Crippen LogP contribution in [0.15, 0.2) is 0 Å². The van der Waals surface area contributed by atoms with Gasteiger partial charge in [-0.1, -0.05) is 20.8 Å².